The van der Waals surface area contributed by atoms with Crippen LogP contribution < -0.4 is 10.6 Å². The van der Waals surface area contributed by atoms with Crippen LogP contribution in [0, 0.1) is 5.41 Å². The molecule has 102 valence electrons. The number of carbonyl (C=O) groups is 1. The quantitative estimate of drug-likeness (QED) is 0.863. The van der Waals surface area contributed by atoms with Gasteiger partial charge >= 0.3 is 0 Å². The van der Waals surface area contributed by atoms with Crippen LogP contribution in [0.4, 0.5) is 5.69 Å². The number of hydrogen-bond acceptors (Lipinski definition) is 2. The molecule has 1 aromatic carbocycles. The minimum absolute atomic E-state index is 0. The number of anilines is 1. The van der Waals surface area contributed by atoms with Crippen molar-refractivity contribution >= 4 is 24.0 Å². The van der Waals surface area contributed by atoms with E-state index in [1.54, 1.807) is 0 Å². The third-order valence-corrected chi connectivity index (χ3v) is 2.42. The fourth-order valence-corrected chi connectivity index (χ4v) is 1.38. The second-order valence-electron chi connectivity index (χ2n) is 5.38. The summed E-state index contributed by atoms with van der Waals surface area (Å²) >= 11 is 0. The Balaban J connectivity index is 0.00000289. The van der Waals surface area contributed by atoms with Crippen molar-refractivity contribution in [3.63, 3.8) is 0 Å². The standard InChI is InChI=1S/C14H22N2O.ClH/c1-14(2,3)9-10-15-13(17)11-16-12-7-5-4-6-8-12;/h4-8,16H,9-11H2,1-3H3,(H,15,17);1H. The minimum Gasteiger partial charge on any atom is -0.376 e. The van der Waals surface area contributed by atoms with Crippen LogP contribution in [-0.4, -0.2) is 19.0 Å². The molecular formula is C14H23ClN2O. The normalized spacial score (nSPS) is 10.4. The monoisotopic (exact) mass is 270 g/mol. The van der Waals surface area contributed by atoms with Crippen LogP contribution in [0.1, 0.15) is 27.2 Å². The van der Waals surface area contributed by atoms with E-state index in [9.17, 15) is 4.79 Å². The lowest BCUT2D eigenvalue weighted by atomic mass is 9.92. The van der Waals surface area contributed by atoms with Crippen molar-refractivity contribution in [3.8, 4) is 0 Å². The first-order chi connectivity index (χ1) is 7.97. The number of nitrogens with one attached hydrogen (secondary N) is 2. The van der Waals surface area contributed by atoms with Gasteiger partial charge in [0.2, 0.25) is 5.91 Å². The maximum absolute atomic E-state index is 11.5. The highest BCUT2D eigenvalue weighted by molar-refractivity contribution is 5.85. The summed E-state index contributed by atoms with van der Waals surface area (Å²) in [6.45, 7) is 7.57. The average molecular weight is 271 g/mol. The highest BCUT2D eigenvalue weighted by Gasteiger charge is 2.10. The van der Waals surface area contributed by atoms with Gasteiger partial charge in [0.15, 0.2) is 0 Å². The van der Waals surface area contributed by atoms with Crippen molar-refractivity contribution in [2.24, 2.45) is 5.41 Å². The molecule has 0 atom stereocenters. The maximum atomic E-state index is 11.5. The molecule has 0 aliphatic carbocycles. The second-order valence-corrected chi connectivity index (χ2v) is 5.38. The Morgan fingerprint density at radius 2 is 1.78 bits per heavy atom. The minimum atomic E-state index is 0. The molecule has 0 saturated heterocycles. The van der Waals surface area contributed by atoms with Gasteiger partial charge in [-0.25, -0.2) is 0 Å². The van der Waals surface area contributed by atoms with Crippen molar-refractivity contribution in [3.05, 3.63) is 30.3 Å². The van der Waals surface area contributed by atoms with Gasteiger partial charge < -0.3 is 10.6 Å². The van der Waals surface area contributed by atoms with E-state index in [2.05, 4.69) is 31.4 Å². The molecule has 0 unspecified atom stereocenters. The number of carbonyl (C=O) groups excluding carboxylic acids is 1. The molecule has 3 nitrogen and oxygen atoms in total. The zero-order valence-electron chi connectivity index (χ0n) is 11.3. The summed E-state index contributed by atoms with van der Waals surface area (Å²) in [5, 5.41) is 5.99. The van der Waals surface area contributed by atoms with Crippen molar-refractivity contribution < 1.29 is 4.79 Å². The fraction of sp³-hybridized carbons (Fsp3) is 0.500. The molecule has 4 heteroatoms. The highest BCUT2D eigenvalue weighted by atomic mass is 35.5. The molecular weight excluding hydrogens is 248 g/mol. The van der Waals surface area contributed by atoms with Crippen LogP contribution in [0.25, 0.3) is 0 Å². The molecule has 2 N–H and O–H groups in total. The summed E-state index contributed by atoms with van der Waals surface area (Å²) in [4.78, 5) is 11.5. The molecule has 18 heavy (non-hydrogen) atoms. The Bertz CT molecular complexity index is 347. The number of benzene rings is 1. The van der Waals surface area contributed by atoms with E-state index in [0.717, 1.165) is 18.7 Å². The summed E-state index contributed by atoms with van der Waals surface area (Å²) < 4.78 is 0. The lowest BCUT2D eigenvalue weighted by Crippen LogP contribution is -2.32. The molecule has 0 aliphatic rings. The Labute approximate surface area is 116 Å². The van der Waals surface area contributed by atoms with E-state index >= 15 is 0 Å². The van der Waals surface area contributed by atoms with Crippen LogP contribution in [0.15, 0.2) is 30.3 Å². The summed E-state index contributed by atoms with van der Waals surface area (Å²) in [7, 11) is 0. The van der Waals surface area contributed by atoms with E-state index < -0.39 is 0 Å². The van der Waals surface area contributed by atoms with Crippen LogP contribution in [0.5, 0.6) is 0 Å². The predicted octanol–water partition coefficient (Wildman–Crippen LogP) is 3.07. The lowest BCUT2D eigenvalue weighted by molar-refractivity contribution is -0.119. The van der Waals surface area contributed by atoms with Gasteiger partial charge in [0.05, 0.1) is 6.54 Å². The number of para-hydroxylation sites is 1. The fourth-order valence-electron chi connectivity index (χ4n) is 1.38. The molecule has 1 aromatic rings. The van der Waals surface area contributed by atoms with E-state index in [4.69, 9.17) is 0 Å². The van der Waals surface area contributed by atoms with E-state index in [1.807, 2.05) is 30.3 Å². The first-order valence-electron chi connectivity index (χ1n) is 6.03. The van der Waals surface area contributed by atoms with Crippen LogP contribution in [0.2, 0.25) is 0 Å². The topological polar surface area (TPSA) is 41.1 Å². The Kier molecular flexibility index (Phi) is 7.44. The van der Waals surface area contributed by atoms with Crippen LogP contribution >= 0.6 is 12.4 Å². The zero-order chi connectivity index (χ0) is 12.7. The zero-order valence-corrected chi connectivity index (χ0v) is 12.1. The van der Waals surface area contributed by atoms with Crippen LogP contribution in [-0.2, 0) is 4.79 Å². The van der Waals surface area contributed by atoms with Crippen molar-refractivity contribution in [2.75, 3.05) is 18.4 Å². The van der Waals surface area contributed by atoms with Crippen molar-refractivity contribution in [1.29, 1.82) is 0 Å². The van der Waals surface area contributed by atoms with Gasteiger partial charge in [-0.05, 0) is 24.0 Å². The SMILES string of the molecule is CC(C)(C)CCNC(=O)CNc1ccccc1.Cl. The average Bonchev–Trinajstić information content (AvgIpc) is 2.26. The van der Waals surface area contributed by atoms with Gasteiger partial charge in [-0.2, -0.15) is 0 Å². The highest BCUT2D eigenvalue weighted by Crippen LogP contribution is 2.16. The summed E-state index contributed by atoms with van der Waals surface area (Å²) in [6.07, 6.45) is 0.990. The molecule has 0 heterocycles. The number of amides is 1. The van der Waals surface area contributed by atoms with E-state index in [1.165, 1.54) is 0 Å². The van der Waals surface area contributed by atoms with Crippen molar-refractivity contribution in [1.82, 2.24) is 5.32 Å². The molecule has 0 spiro atoms. The first kappa shape index (κ1) is 16.8. The third kappa shape index (κ3) is 7.96. The molecule has 0 aliphatic heterocycles. The molecule has 0 saturated carbocycles. The largest absolute Gasteiger partial charge is 0.376 e. The number of hydrogen-bond donors (Lipinski definition) is 2. The van der Waals surface area contributed by atoms with Gasteiger partial charge in [-0.1, -0.05) is 39.0 Å². The third-order valence-electron chi connectivity index (χ3n) is 2.42. The smallest absolute Gasteiger partial charge is 0.239 e. The molecule has 0 bridgehead atoms. The Morgan fingerprint density at radius 1 is 1.17 bits per heavy atom. The lowest BCUT2D eigenvalue weighted by Gasteiger charge is -2.18. The first-order valence-corrected chi connectivity index (χ1v) is 6.03. The molecule has 0 aromatic heterocycles. The summed E-state index contributed by atoms with van der Waals surface area (Å²) in [6, 6.07) is 9.74. The molecule has 1 rings (SSSR count). The van der Waals surface area contributed by atoms with Gasteiger partial charge in [-0.15, -0.1) is 12.4 Å². The number of rotatable bonds is 5. The molecule has 0 radical (unpaired) electrons. The van der Waals surface area contributed by atoms with E-state index in [-0.39, 0.29) is 23.7 Å². The van der Waals surface area contributed by atoms with E-state index in [0.29, 0.717) is 6.54 Å². The Morgan fingerprint density at radius 3 is 2.33 bits per heavy atom. The summed E-state index contributed by atoms with van der Waals surface area (Å²) in [5.74, 6) is 0.0399. The molecule has 0 fully saturated rings. The van der Waals surface area contributed by atoms with Gasteiger partial charge in [0, 0.05) is 12.2 Å². The summed E-state index contributed by atoms with van der Waals surface area (Å²) in [5.41, 5.74) is 1.23. The van der Waals surface area contributed by atoms with Gasteiger partial charge in [0.1, 0.15) is 0 Å². The number of halogens is 1. The van der Waals surface area contributed by atoms with Crippen molar-refractivity contribution in [2.45, 2.75) is 27.2 Å². The predicted molar refractivity (Wildman–Crippen MR) is 79.3 cm³/mol. The molecule has 1 amide bonds. The van der Waals surface area contributed by atoms with Gasteiger partial charge in [0.25, 0.3) is 0 Å². The maximum Gasteiger partial charge on any atom is 0.239 e. The van der Waals surface area contributed by atoms with Gasteiger partial charge in [-0.3, -0.25) is 4.79 Å². The van der Waals surface area contributed by atoms with Crippen LogP contribution in [0.3, 0.4) is 0 Å². The Hall–Kier alpha value is -1.22. The second kappa shape index (κ2) is 7.98.